The van der Waals surface area contributed by atoms with Crippen molar-refractivity contribution in [3.63, 3.8) is 0 Å². The second kappa shape index (κ2) is 13.1. The van der Waals surface area contributed by atoms with Crippen LogP contribution in [0.25, 0.3) is 11.3 Å². The van der Waals surface area contributed by atoms with E-state index in [0.717, 1.165) is 54.9 Å². The van der Waals surface area contributed by atoms with Crippen molar-refractivity contribution in [1.82, 2.24) is 29.5 Å². The zero-order chi connectivity index (χ0) is 36.1. The van der Waals surface area contributed by atoms with Crippen molar-refractivity contribution in [2.45, 2.75) is 110 Å². The molecule has 266 valence electrons. The topological polar surface area (TPSA) is 135 Å². The van der Waals surface area contributed by atoms with Gasteiger partial charge in [0, 0.05) is 47.7 Å². The standard InChI is InChI=1S/C38H50N8O3S/c1-36(2,3)19-21-45-20-18-28(43-45)26-13-16-29(39-23-26)30-15-12-25-22-38(7,8)46(24-25)34-27(14-17-31(41-34)37(4,5)6)35(47)44-50(48,49)33-11-9-10-32(40-30)42-33/h9-11,13-14,16-18,20,23,25,30H,12,15,19,21-22,24H2,1-8H3,(H,40,42)(H,44,47)/t25-,30?/m0/s1. The van der Waals surface area contributed by atoms with Crippen molar-refractivity contribution < 1.29 is 13.2 Å². The molecule has 1 fully saturated rings. The molecule has 1 unspecified atom stereocenters. The Balaban J connectivity index is 1.34. The number of fused-ring (bicyclic) bond motifs is 6. The average Bonchev–Trinajstić information content (AvgIpc) is 3.64. The van der Waals surface area contributed by atoms with Gasteiger partial charge in [0.15, 0.2) is 5.03 Å². The van der Waals surface area contributed by atoms with Crippen LogP contribution in [0.1, 0.15) is 109 Å². The highest BCUT2D eigenvalue weighted by Crippen LogP contribution is 2.41. The monoisotopic (exact) mass is 698 g/mol. The van der Waals surface area contributed by atoms with Crippen molar-refractivity contribution in [1.29, 1.82) is 0 Å². The third-order valence-electron chi connectivity index (χ3n) is 9.69. The normalized spacial score (nSPS) is 20.6. The van der Waals surface area contributed by atoms with Crippen LogP contribution in [0.2, 0.25) is 0 Å². The molecule has 2 aliphatic rings. The van der Waals surface area contributed by atoms with Crippen molar-refractivity contribution in [2.75, 3.05) is 16.8 Å². The minimum absolute atomic E-state index is 0.223. The van der Waals surface area contributed by atoms with Crippen LogP contribution in [0.5, 0.6) is 0 Å². The summed E-state index contributed by atoms with van der Waals surface area (Å²) in [5.74, 6) is 0.453. The summed E-state index contributed by atoms with van der Waals surface area (Å²) in [4.78, 5) is 30.3. The summed E-state index contributed by atoms with van der Waals surface area (Å²) >= 11 is 0. The van der Waals surface area contributed by atoms with Gasteiger partial charge in [0.1, 0.15) is 11.6 Å². The number of aryl methyl sites for hydroxylation is 1. The molecule has 4 aromatic heterocycles. The summed E-state index contributed by atoms with van der Waals surface area (Å²) in [7, 11) is -4.30. The first-order valence-corrected chi connectivity index (χ1v) is 19.0. The van der Waals surface area contributed by atoms with E-state index in [0.29, 0.717) is 24.1 Å². The number of carbonyl (C=O) groups is 1. The number of sulfonamides is 1. The van der Waals surface area contributed by atoms with E-state index < -0.39 is 15.9 Å². The molecule has 2 N–H and O–H groups in total. The number of carbonyl (C=O) groups excluding carboxylic acids is 1. The smallest absolute Gasteiger partial charge is 0.281 e. The Morgan fingerprint density at radius 1 is 0.960 bits per heavy atom. The molecule has 6 rings (SSSR count). The predicted octanol–water partition coefficient (Wildman–Crippen LogP) is 7.14. The Bertz CT molecular complexity index is 1970. The van der Waals surface area contributed by atoms with Gasteiger partial charge in [-0.3, -0.25) is 14.5 Å². The fourth-order valence-corrected chi connectivity index (χ4v) is 7.74. The predicted molar refractivity (Wildman–Crippen MR) is 196 cm³/mol. The highest BCUT2D eigenvalue weighted by molar-refractivity contribution is 7.90. The van der Waals surface area contributed by atoms with E-state index >= 15 is 0 Å². The number of aromatic nitrogens is 5. The summed E-state index contributed by atoms with van der Waals surface area (Å²) < 4.78 is 31.4. The van der Waals surface area contributed by atoms with Crippen LogP contribution in [0.3, 0.4) is 0 Å². The van der Waals surface area contributed by atoms with Crippen LogP contribution in [-0.2, 0) is 22.0 Å². The maximum atomic E-state index is 13.7. The van der Waals surface area contributed by atoms with Gasteiger partial charge in [-0.1, -0.05) is 47.6 Å². The van der Waals surface area contributed by atoms with Crippen LogP contribution < -0.4 is 14.9 Å². The highest BCUT2D eigenvalue weighted by atomic mass is 32.2. The second-order valence-electron chi connectivity index (χ2n) is 16.6. The largest absolute Gasteiger partial charge is 0.362 e. The Hall–Kier alpha value is -4.32. The molecule has 1 amide bonds. The van der Waals surface area contributed by atoms with E-state index in [-0.39, 0.29) is 33.0 Å². The van der Waals surface area contributed by atoms with Gasteiger partial charge in [0.25, 0.3) is 15.9 Å². The Kier molecular flexibility index (Phi) is 9.30. The van der Waals surface area contributed by atoms with Gasteiger partial charge >= 0.3 is 0 Å². The molecule has 0 saturated carbocycles. The summed E-state index contributed by atoms with van der Waals surface area (Å²) in [5, 5.41) is 8.00. The van der Waals surface area contributed by atoms with Gasteiger partial charge in [-0.2, -0.15) is 13.5 Å². The minimum atomic E-state index is -4.30. The van der Waals surface area contributed by atoms with Crippen molar-refractivity contribution in [3.05, 3.63) is 77.9 Å². The molecule has 0 aromatic carbocycles. The van der Waals surface area contributed by atoms with Crippen LogP contribution in [0.15, 0.2) is 66.0 Å². The fourth-order valence-electron chi connectivity index (χ4n) is 6.80. The molecule has 4 aromatic rings. The lowest BCUT2D eigenvalue weighted by molar-refractivity contribution is 0.0981. The van der Waals surface area contributed by atoms with Gasteiger partial charge < -0.3 is 10.2 Å². The van der Waals surface area contributed by atoms with Gasteiger partial charge in [-0.05, 0) is 93.3 Å². The Morgan fingerprint density at radius 2 is 1.74 bits per heavy atom. The molecule has 50 heavy (non-hydrogen) atoms. The summed E-state index contributed by atoms with van der Waals surface area (Å²) in [6.45, 7) is 18.8. The minimum Gasteiger partial charge on any atom is -0.362 e. The molecule has 0 radical (unpaired) electrons. The summed E-state index contributed by atoms with van der Waals surface area (Å²) in [6.07, 6.45) is 7.38. The van der Waals surface area contributed by atoms with E-state index in [1.807, 2.05) is 41.3 Å². The van der Waals surface area contributed by atoms with Crippen LogP contribution in [0.4, 0.5) is 11.6 Å². The number of amides is 1. The number of anilines is 2. The lowest BCUT2D eigenvalue weighted by Crippen LogP contribution is -2.41. The van der Waals surface area contributed by atoms with Crippen molar-refractivity contribution in [2.24, 2.45) is 11.3 Å². The Morgan fingerprint density at radius 3 is 2.44 bits per heavy atom. The van der Waals surface area contributed by atoms with Crippen molar-refractivity contribution in [3.8, 4) is 11.3 Å². The third-order valence-corrected chi connectivity index (χ3v) is 10.9. The van der Waals surface area contributed by atoms with E-state index in [2.05, 4.69) is 75.3 Å². The number of rotatable bonds is 4. The van der Waals surface area contributed by atoms with Crippen molar-refractivity contribution >= 4 is 27.6 Å². The van der Waals surface area contributed by atoms with Crippen LogP contribution >= 0.6 is 0 Å². The molecule has 6 heterocycles. The molecule has 2 atom stereocenters. The quantitative estimate of drug-likeness (QED) is 0.228. The lowest BCUT2D eigenvalue weighted by atomic mass is 9.90. The molecule has 2 aliphatic heterocycles. The number of pyridine rings is 3. The molecular weight excluding hydrogens is 649 g/mol. The first kappa shape index (κ1) is 35.5. The number of hydrogen-bond donors (Lipinski definition) is 2. The molecule has 0 spiro atoms. The number of nitrogens with zero attached hydrogens (tertiary/aromatic N) is 6. The fraction of sp³-hybridized carbons (Fsp3) is 0.500. The molecule has 1 saturated heterocycles. The zero-order valence-electron chi connectivity index (χ0n) is 30.5. The first-order valence-electron chi connectivity index (χ1n) is 17.5. The van der Waals surface area contributed by atoms with Gasteiger partial charge in [0.05, 0.1) is 23.0 Å². The molecule has 0 aliphatic carbocycles. The van der Waals surface area contributed by atoms with E-state index in [4.69, 9.17) is 15.1 Å². The third kappa shape index (κ3) is 7.85. The summed E-state index contributed by atoms with van der Waals surface area (Å²) in [6, 6.07) is 14.1. The van der Waals surface area contributed by atoms with E-state index in [1.165, 1.54) is 6.07 Å². The SMILES string of the molecule is CC(C)(C)CCn1ccc(-c2ccc(C3CC[C@@H]4CN(c5nc(C(C)(C)C)ccc5C(=O)NS(=O)(=O)c5cccc(n5)N3)C(C)(C)C4)nc2)n1. The first-order chi connectivity index (χ1) is 23.4. The maximum absolute atomic E-state index is 13.7. The van der Waals surface area contributed by atoms with Gasteiger partial charge in [-0.25, -0.2) is 14.7 Å². The molecule has 12 heteroatoms. The zero-order valence-corrected chi connectivity index (χ0v) is 31.3. The molecule has 11 nitrogen and oxygen atoms in total. The van der Waals surface area contributed by atoms with Crippen LogP contribution in [0, 0.1) is 11.3 Å². The molecular formula is C38H50N8O3S. The van der Waals surface area contributed by atoms with Gasteiger partial charge in [0.2, 0.25) is 0 Å². The lowest BCUT2D eigenvalue weighted by Gasteiger charge is -2.34. The number of hydrogen-bond acceptors (Lipinski definition) is 9. The maximum Gasteiger partial charge on any atom is 0.281 e. The van der Waals surface area contributed by atoms with E-state index in [1.54, 1.807) is 18.2 Å². The molecule has 4 bridgehead atoms. The Labute approximate surface area is 296 Å². The number of nitrogens with one attached hydrogen (secondary N) is 2. The second-order valence-corrected chi connectivity index (χ2v) is 18.3. The highest BCUT2D eigenvalue weighted by Gasteiger charge is 2.41. The average molecular weight is 699 g/mol. The van der Waals surface area contributed by atoms with Gasteiger partial charge in [-0.15, -0.1) is 0 Å². The van der Waals surface area contributed by atoms with E-state index in [9.17, 15) is 13.2 Å². The van der Waals surface area contributed by atoms with Crippen LogP contribution in [-0.4, -0.2) is 51.1 Å². The summed E-state index contributed by atoms with van der Waals surface area (Å²) in [5.41, 5.74) is 3.31.